The van der Waals surface area contributed by atoms with Gasteiger partial charge in [0.05, 0.1) is 32.0 Å². The Bertz CT molecular complexity index is 1240. The summed E-state index contributed by atoms with van der Waals surface area (Å²) >= 11 is 0. The van der Waals surface area contributed by atoms with Gasteiger partial charge in [-0.15, -0.1) is 0 Å². The number of nitrogens with one attached hydrogen (secondary N) is 3. The average molecular weight is 510 g/mol. The molecule has 0 fully saturated rings. The Balaban J connectivity index is 1.65. The number of H-pyrrole nitrogens is 1. The van der Waals surface area contributed by atoms with Crippen molar-refractivity contribution in [1.82, 2.24) is 35.3 Å². The van der Waals surface area contributed by atoms with Gasteiger partial charge in [0.2, 0.25) is 11.8 Å². The first-order valence-corrected chi connectivity index (χ1v) is 12.0. The zero-order valence-corrected chi connectivity index (χ0v) is 21.1. The number of benzene rings is 1. The smallest absolute Gasteiger partial charge is 0.257 e. The molecule has 0 saturated carbocycles. The predicted molar refractivity (Wildman–Crippen MR) is 134 cm³/mol. The molecule has 196 valence electrons. The Morgan fingerprint density at radius 1 is 1.24 bits per heavy atom. The molecule has 3 amide bonds. The average Bonchev–Trinajstić information content (AvgIpc) is 3.58. The number of nitrogens with zero attached hydrogens (tertiary/aromatic N) is 4. The lowest BCUT2D eigenvalue weighted by Gasteiger charge is -2.25. The van der Waals surface area contributed by atoms with E-state index in [0.29, 0.717) is 36.0 Å². The van der Waals surface area contributed by atoms with Crippen LogP contribution in [0, 0.1) is 5.92 Å². The predicted octanol–water partition coefficient (Wildman–Crippen LogP) is 1.07. The standard InChI is InChI=1S/C25H31N7O5/c1-16(2)22-24(34)27-7-9-31-8-6-26-23(31)17-4-5-19(36-3)20(12-17)37-11-10-32(15-21(33)30-22)25(35)18-13-28-29-14-18/h4-6,8,12-14,16,22H,7,9-11,15H2,1-3H3,(H,27,34)(H,28,29)(H,30,33). The number of imidazole rings is 1. The van der Waals surface area contributed by atoms with E-state index in [9.17, 15) is 14.4 Å². The Hall–Kier alpha value is -4.35. The molecule has 1 aliphatic heterocycles. The summed E-state index contributed by atoms with van der Waals surface area (Å²) in [6.45, 7) is 4.47. The Labute approximate surface area is 214 Å². The van der Waals surface area contributed by atoms with E-state index in [-0.39, 0.29) is 31.5 Å². The van der Waals surface area contributed by atoms with Crippen molar-refractivity contribution < 1.29 is 23.9 Å². The van der Waals surface area contributed by atoms with Gasteiger partial charge < -0.3 is 29.6 Å². The molecule has 2 bridgehead atoms. The van der Waals surface area contributed by atoms with Crippen LogP contribution in [0.15, 0.2) is 43.0 Å². The van der Waals surface area contributed by atoms with E-state index >= 15 is 0 Å². The second kappa shape index (κ2) is 11.6. The van der Waals surface area contributed by atoms with Crippen molar-refractivity contribution in [1.29, 1.82) is 0 Å². The number of hydrogen-bond donors (Lipinski definition) is 3. The molecule has 12 heteroatoms. The number of ether oxygens (including phenoxy) is 2. The fourth-order valence-electron chi connectivity index (χ4n) is 4.08. The molecule has 4 rings (SSSR count). The Kier molecular flexibility index (Phi) is 8.06. The number of rotatable bonds is 3. The second-order valence-electron chi connectivity index (χ2n) is 8.95. The normalized spacial score (nSPS) is 17.3. The van der Waals surface area contributed by atoms with Crippen LogP contribution in [0.1, 0.15) is 24.2 Å². The van der Waals surface area contributed by atoms with Crippen LogP contribution in [-0.4, -0.2) is 81.8 Å². The zero-order valence-electron chi connectivity index (χ0n) is 21.1. The number of hydrogen-bond acceptors (Lipinski definition) is 7. The second-order valence-corrected chi connectivity index (χ2v) is 8.95. The van der Waals surface area contributed by atoms with Crippen LogP contribution < -0.4 is 20.1 Å². The molecular weight excluding hydrogens is 478 g/mol. The van der Waals surface area contributed by atoms with Crippen molar-refractivity contribution in [3.05, 3.63) is 48.5 Å². The van der Waals surface area contributed by atoms with E-state index in [4.69, 9.17) is 9.47 Å². The molecule has 3 aromatic rings. The molecule has 1 aromatic carbocycles. The molecule has 12 nitrogen and oxygen atoms in total. The topological polar surface area (TPSA) is 143 Å². The molecule has 0 spiro atoms. The minimum absolute atomic E-state index is 0.0964. The maximum atomic E-state index is 13.1. The summed E-state index contributed by atoms with van der Waals surface area (Å²) in [6.07, 6.45) is 6.38. The quantitative estimate of drug-likeness (QED) is 0.479. The van der Waals surface area contributed by atoms with Gasteiger partial charge in [-0.25, -0.2) is 4.98 Å². The van der Waals surface area contributed by atoms with E-state index in [1.807, 2.05) is 36.7 Å². The molecule has 0 aliphatic carbocycles. The van der Waals surface area contributed by atoms with Crippen molar-refractivity contribution in [3.8, 4) is 22.9 Å². The van der Waals surface area contributed by atoms with Crippen LogP contribution in [0.4, 0.5) is 0 Å². The number of carbonyl (C=O) groups excluding carboxylic acids is 3. The van der Waals surface area contributed by atoms with Gasteiger partial charge in [-0.05, 0) is 24.1 Å². The maximum Gasteiger partial charge on any atom is 0.257 e. The number of methoxy groups -OCH3 is 1. The first-order valence-electron chi connectivity index (χ1n) is 12.0. The third-order valence-electron chi connectivity index (χ3n) is 6.04. The highest BCUT2D eigenvalue weighted by atomic mass is 16.5. The summed E-state index contributed by atoms with van der Waals surface area (Å²) < 4.78 is 13.4. The monoisotopic (exact) mass is 509 g/mol. The van der Waals surface area contributed by atoms with E-state index in [2.05, 4.69) is 25.8 Å². The zero-order chi connectivity index (χ0) is 26.4. The molecule has 1 aliphatic rings. The fourth-order valence-corrected chi connectivity index (χ4v) is 4.08. The van der Waals surface area contributed by atoms with Gasteiger partial charge in [0.1, 0.15) is 18.5 Å². The van der Waals surface area contributed by atoms with Crippen LogP contribution in [0.5, 0.6) is 11.5 Å². The van der Waals surface area contributed by atoms with Crippen LogP contribution in [0.25, 0.3) is 11.4 Å². The van der Waals surface area contributed by atoms with Gasteiger partial charge in [0, 0.05) is 37.2 Å². The maximum absolute atomic E-state index is 13.1. The lowest BCUT2D eigenvalue weighted by Crippen LogP contribution is -2.53. The Morgan fingerprint density at radius 2 is 2.08 bits per heavy atom. The van der Waals surface area contributed by atoms with E-state index < -0.39 is 17.9 Å². The lowest BCUT2D eigenvalue weighted by atomic mass is 10.0. The van der Waals surface area contributed by atoms with E-state index in [1.165, 1.54) is 17.3 Å². The highest BCUT2D eigenvalue weighted by Gasteiger charge is 2.27. The molecule has 37 heavy (non-hydrogen) atoms. The van der Waals surface area contributed by atoms with Gasteiger partial charge in [-0.3, -0.25) is 19.5 Å². The number of aromatic nitrogens is 4. The van der Waals surface area contributed by atoms with Crippen molar-refractivity contribution in [2.75, 3.05) is 33.4 Å². The summed E-state index contributed by atoms with van der Waals surface area (Å²) in [4.78, 5) is 44.8. The van der Waals surface area contributed by atoms with Gasteiger partial charge in [-0.1, -0.05) is 13.8 Å². The summed E-state index contributed by atoms with van der Waals surface area (Å²) in [6, 6.07) is 4.72. The van der Waals surface area contributed by atoms with Crippen LogP contribution in [0.2, 0.25) is 0 Å². The number of amides is 3. The van der Waals surface area contributed by atoms with Crippen molar-refractivity contribution in [2.45, 2.75) is 26.4 Å². The number of fused-ring (bicyclic) bond motifs is 4. The summed E-state index contributed by atoms with van der Waals surface area (Å²) in [5.41, 5.74) is 1.11. The Morgan fingerprint density at radius 3 is 2.81 bits per heavy atom. The van der Waals surface area contributed by atoms with Gasteiger partial charge in [-0.2, -0.15) is 5.10 Å². The van der Waals surface area contributed by atoms with Gasteiger partial charge in [0.25, 0.3) is 5.91 Å². The van der Waals surface area contributed by atoms with Crippen LogP contribution in [-0.2, 0) is 16.1 Å². The summed E-state index contributed by atoms with van der Waals surface area (Å²) in [7, 11) is 1.55. The van der Waals surface area contributed by atoms with E-state index in [1.54, 1.807) is 19.4 Å². The summed E-state index contributed by atoms with van der Waals surface area (Å²) in [5.74, 6) is 0.411. The highest BCUT2D eigenvalue weighted by molar-refractivity contribution is 5.96. The van der Waals surface area contributed by atoms with E-state index in [0.717, 1.165) is 5.56 Å². The van der Waals surface area contributed by atoms with Gasteiger partial charge >= 0.3 is 0 Å². The molecular formula is C25H31N7O5. The fraction of sp³-hybridized carbons (Fsp3) is 0.400. The molecule has 3 heterocycles. The lowest BCUT2D eigenvalue weighted by molar-refractivity contribution is -0.130. The minimum atomic E-state index is -0.758. The SMILES string of the molecule is COc1ccc2cc1OCCN(C(=O)c1cn[nH]c1)CC(=O)NC(C(C)C)C(=O)NCCn1ccnc1-2. The van der Waals surface area contributed by atoms with Gasteiger partial charge in [0.15, 0.2) is 11.5 Å². The third kappa shape index (κ3) is 6.08. The third-order valence-corrected chi connectivity index (χ3v) is 6.04. The first kappa shape index (κ1) is 25.7. The van der Waals surface area contributed by atoms with Crippen LogP contribution >= 0.6 is 0 Å². The molecule has 3 N–H and O–H groups in total. The first-order chi connectivity index (χ1) is 17.9. The number of carbonyl (C=O) groups is 3. The number of aromatic amines is 1. The molecule has 0 saturated heterocycles. The minimum Gasteiger partial charge on any atom is -0.493 e. The van der Waals surface area contributed by atoms with Crippen LogP contribution in [0.3, 0.4) is 0 Å². The molecule has 1 atom stereocenters. The molecule has 2 aromatic heterocycles. The molecule has 0 radical (unpaired) electrons. The molecule has 1 unspecified atom stereocenters. The highest BCUT2D eigenvalue weighted by Crippen LogP contribution is 2.32. The largest absolute Gasteiger partial charge is 0.493 e. The van der Waals surface area contributed by atoms with Crippen molar-refractivity contribution in [3.63, 3.8) is 0 Å². The summed E-state index contributed by atoms with van der Waals surface area (Å²) in [5, 5.41) is 12.1. The van der Waals surface area contributed by atoms with Crippen molar-refractivity contribution in [2.24, 2.45) is 5.92 Å². The van der Waals surface area contributed by atoms with Crippen molar-refractivity contribution >= 4 is 17.7 Å².